The molecule has 4 heterocycles. The van der Waals surface area contributed by atoms with Gasteiger partial charge in [-0.05, 0) is 89.8 Å². The molecule has 0 aliphatic carbocycles. The summed E-state index contributed by atoms with van der Waals surface area (Å²) in [5, 5.41) is 3.19. The quantitative estimate of drug-likeness (QED) is 0.103. The third kappa shape index (κ3) is 15.4. The molecular formula is C42H58F2N10O9S3. The van der Waals surface area contributed by atoms with Crippen molar-refractivity contribution in [3.63, 3.8) is 0 Å². The van der Waals surface area contributed by atoms with E-state index in [-0.39, 0.29) is 80.8 Å². The lowest BCUT2D eigenvalue weighted by Crippen LogP contribution is -2.42. The third-order valence-corrected chi connectivity index (χ3v) is 13.6. The minimum Gasteiger partial charge on any atom is -0.490 e. The van der Waals surface area contributed by atoms with Crippen molar-refractivity contribution in [3.8, 4) is 11.5 Å². The van der Waals surface area contributed by atoms with Gasteiger partial charge < -0.3 is 32.0 Å². The van der Waals surface area contributed by atoms with Gasteiger partial charge in [-0.2, -0.15) is 4.98 Å². The van der Waals surface area contributed by atoms with Gasteiger partial charge in [0.2, 0.25) is 42.7 Å². The molecule has 2 aliphatic rings. The highest BCUT2D eigenvalue weighted by atomic mass is 32.2. The molecule has 2 aromatic carbocycles. The molecule has 2 saturated heterocycles. The van der Waals surface area contributed by atoms with Gasteiger partial charge in [0.1, 0.15) is 34.8 Å². The van der Waals surface area contributed by atoms with Crippen LogP contribution in [-0.2, 0) is 30.8 Å². The third-order valence-electron chi connectivity index (χ3n) is 9.89. The number of nitrogens with one attached hydrogen (secondary N) is 1. The monoisotopic (exact) mass is 980 g/mol. The smallest absolute Gasteiger partial charge is 0.224 e. The molecule has 0 amide bonds. The number of sulfonamides is 2. The largest absolute Gasteiger partial charge is 0.490 e. The fourth-order valence-corrected chi connectivity index (χ4v) is 8.89. The first-order valence-corrected chi connectivity index (χ1v) is 26.0. The highest BCUT2D eigenvalue weighted by Crippen LogP contribution is 2.28. The van der Waals surface area contributed by atoms with Crippen LogP contribution in [0.2, 0.25) is 0 Å². The molecular weight excluding hydrogens is 923 g/mol. The number of ketones is 2. The molecule has 24 heteroatoms. The Morgan fingerprint density at radius 2 is 1.17 bits per heavy atom. The number of nitrogens with two attached hydrogens (primary N) is 3. The number of nitrogens with zero attached hydrogens (tertiary/aromatic N) is 6. The summed E-state index contributed by atoms with van der Waals surface area (Å²) in [4.78, 5) is 41.8. The number of benzene rings is 2. The normalized spacial score (nSPS) is 15.8. The van der Waals surface area contributed by atoms with Gasteiger partial charge in [0.05, 0.1) is 57.8 Å². The van der Waals surface area contributed by atoms with Crippen molar-refractivity contribution in [2.45, 2.75) is 89.8 Å². The molecule has 19 nitrogen and oxygen atoms in total. The zero-order valence-electron chi connectivity index (χ0n) is 37.9. The van der Waals surface area contributed by atoms with Crippen molar-refractivity contribution in [1.29, 1.82) is 0 Å². The second-order valence-corrected chi connectivity index (χ2v) is 21.5. The maximum atomic E-state index is 13.8. The van der Waals surface area contributed by atoms with Crippen LogP contribution in [0.1, 0.15) is 92.1 Å². The fourth-order valence-electron chi connectivity index (χ4n) is 6.52. The number of halogens is 2. The number of carbonyl (C=O) groups is 2. The van der Waals surface area contributed by atoms with E-state index in [1.54, 1.807) is 34.6 Å². The standard InChI is InChI=1S/C20H26FN5O4S.C16H18FN3O3S.C6H14N2O2S/c1-12(2)30-17-5-4-13(21)10-15(17)18(27)16-11-23-20(25-19(16)22)24-14-6-8-26(9-7-14)31(3,28)29;1-4-24(22)16-19-8-12(15(18)20-16)14(21)11-7-10(17)5-6-13(11)23-9(2)3;1-11(9,10)8-4-2-6(7)3-5-8/h4-5,10-12,14H,6-9H2,1-3H3,(H3,22,23,24,25);5-9H,4H2,1-3H3,(H2,18,19,20);6H,2-5,7H2,1H3. The highest BCUT2D eigenvalue weighted by Gasteiger charge is 2.27. The Morgan fingerprint density at radius 1 is 0.742 bits per heavy atom. The SMILES string of the molecule is CC(C)Oc1ccc(F)cc1C(=O)c1cnc(NC2CCN(S(C)(=O)=O)CC2)nc1N.CCS(=O)c1ncc(C(=O)c2cc(F)ccc2OC(C)C)c(N)n1.CS(=O)(=O)N1CCC(N)CC1. The number of ether oxygens (including phenoxy) is 2. The second kappa shape index (κ2) is 23.5. The highest BCUT2D eigenvalue weighted by molar-refractivity contribution is 7.88. The van der Waals surface area contributed by atoms with Crippen molar-refractivity contribution in [3.05, 3.63) is 82.7 Å². The Morgan fingerprint density at radius 3 is 1.56 bits per heavy atom. The van der Waals surface area contributed by atoms with Crippen LogP contribution in [0.15, 0.2) is 53.9 Å². The first kappa shape index (κ1) is 53.3. The molecule has 0 saturated carbocycles. The Kier molecular flexibility index (Phi) is 19.0. The van der Waals surface area contributed by atoms with Crippen molar-refractivity contribution in [1.82, 2.24) is 28.5 Å². The van der Waals surface area contributed by atoms with Gasteiger partial charge in [0.15, 0.2) is 0 Å². The Balaban J connectivity index is 0.000000240. The van der Waals surface area contributed by atoms with Crippen LogP contribution in [0.25, 0.3) is 0 Å². The van der Waals surface area contributed by atoms with Crippen molar-refractivity contribution in [2.75, 3.05) is 61.2 Å². The summed E-state index contributed by atoms with van der Waals surface area (Å²) in [6.45, 7) is 10.9. The molecule has 7 N–H and O–H groups in total. The van der Waals surface area contributed by atoms with E-state index in [4.69, 9.17) is 26.7 Å². The van der Waals surface area contributed by atoms with Gasteiger partial charge in [-0.3, -0.25) is 13.8 Å². The molecule has 4 aromatic rings. The maximum Gasteiger partial charge on any atom is 0.224 e. The molecule has 0 radical (unpaired) electrons. The van der Waals surface area contributed by atoms with E-state index in [1.807, 2.05) is 0 Å². The molecule has 66 heavy (non-hydrogen) atoms. The van der Waals surface area contributed by atoms with E-state index in [0.717, 1.165) is 25.0 Å². The number of hydrogen-bond acceptors (Lipinski definition) is 17. The van der Waals surface area contributed by atoms with Crippen LogP contribution in [0.3, 0.4) is 0 Å². The van der Waals surface area contributed by atoms with Crippen LogP contribution >= 0.6 is 0 Å². The lowest BCUT2D eigenvalue weighted by Gasteiger charge is -2.30. The van der Waals surface area contributed by atoms with Crippen LogP contribution in [0, 0.1) is 11.6 Å². The Hall–Kier alpha value is -5.27. The summed E-state index contributed by atoms with van der Waals surface area (Å²) in [5.41, 5.74) is 17.5. The van der Waals surface area contributed by atoms with E-state index in [9.17, 15) is 39.4 Å². The number of piperidine rings is 2. The van der Waals surface area contributed by atoms with Crippen LogP contribution in [0.4, 0.5) is 26.4 Å². The zero-order valence-corrected chi connectivity index (χ0v) is 40.3. The number of rotatable bonds is 14. The van der Waals surface area contributed by atoms with E-state index >= 15 is 0 Å². The lowest BCUT2D eigenvalue weighted by molar-refractivity contribution is 0.102. The number of anilines is 3. The van der Waals surface area contributed by atoms with Gasteiger partial charge in [-0.15, -0.1) is 0 Å². The molecule has 1 unspecified atom stereocenters. The number of carbonyl (C=O) groups excluding carboxylic acids is 2. The van der Waals surface area contributed by atoms with Crippen molar-refractivity contribution < 1.29 is 48.9 Å². The van der Waals surface area contributed by atoms with Gasteiger partial charge in [0.25, 0.3) is 0 Å². The molecule has 2 fully saturated rings. The van der Waals surface area contributed by atoms with E-state index in [0.29, 0.717) is 44.8 Å². The Bertz CT molecular complexity index is 2590. The average molecular weight is 981 g/mol. The molecule has 6 rings (SSSR count). The van der Waals surface area contributed by atoms with Gasteiger partial charge >= 0.3 is 0 Å². The first-order chi connectivity index (χ1) is 30.9. The van der Waals surface area contributed by atoms with Crippen molar-refractivity contribution >= 4 is 60.0 Å². The topological polar surface area (TPSA) is 286 Å². The summed E-state index contributed by atoms with van der Waals surface area (Å²) < 4.78 is 98.3. The summed E-state index contributed by atoms with van der Waals surface area (Å²) >= 11 is 0. The molecule has 362 valence electrons. The lowest BCUT2D eigenvalue weighted by atomic mass is 10.0. The summed E-state index contributed by atoms with van der Waals surface area (Å²) in [6.07, 6.45) is 7.30. The molecule has 2 aromatic heterocycles. The number of aromatic nitrogens is 4. The second-order valence-electron chi connectivity index (χ2n) is 15.9. The number of hydrogen-bond donors (Lipinski definition) is 4. The van der Waals surface area contributed by atoms with E-state index in [2.05, 4.69) is 25.3 Å². The molecule has 1 atom stereocenters. The Labute approximate surface area is 386 Å². The van der Waals surface area contributed by atoms with Gasteiger partial charge in [0, 0.05) is 56.4 Å². The van der Waals surface area contributed by atoms with Crippen molar-refractivity contribution in [2.24, 2.45) is 5.73 Å². The first-order valence-electron chi connectivity index (χ1n) is 20.9. The molecule has 2 aliphatic heterocycles. The van der Waals surface area contributed by atoms with Gasteiger partial charge in [-0.25, -0.2) is 49.2 Å². The predicted molar refractivity (Wildman–Crippen MR) is 248 cm³/mol. The van der Waals surface area contributed by atoms with Crippen LogP contribution < -0.4 is 32.0 Å². The molecule has 0 bridgehead atoms. The fraction of sp³-hybridized carbons (Fsp3) is 0.476. The maximum absolute atomic E-state index is 13.8. The molecule has 0 spiro atoms. The zero-order chi connectivity index (χ0) is 49.1. The van der Waals surface area contributed by atoms with E-state index in [1.165, 1.54) is 57.8 Å². The van der Waals surface area contributed by atoms with Crippen LogP contribution in [0.5, 0.6) is 11.5 Å². The summed E-state index contributed by atoms with van der Waals surface area (Å²) in [5.74, 6) is -1.32. The predicted octanol–water partition coefficient (Wildman–Crippen LogP) is 3.76. The van der Waals surface area contributed by atoms with Gasteiger partial charge in [-0.1, -0.05) is 6.92 Å². The minimum atomic E-state index is -3.20. The summed E-state index contributed by atoms with van der Waals surface area (Å²) in [6, 6.07) is 7.57. The number of nitrogen functional groups attached to an aromatic ring is 2. The average Bonchev–Trinajstić information content (AvgIpc) is 3.24. The minimum absolute atomic E-state index is 0.00561. The van der Waals surface area contributed by atoms with Crippen LogP contribution in [-0.4, -0.2) is 130 Å². The van der Waals surface area contributed by atoms with E-state index < -0.39 is 54.0 Å². The summed E-state index contributed by atoms with van der Waals surface area (Å²) in [7, 11) is -7.56.